The van der Waals surface area contributed by atoms with Crippen molar-refractivity contribution in [3.05, 3.63) is 64.7 Å². The molecular formula is C19H16N4O4S2. The Balaban J connectivity index is 1.66. The summed E-state index contributed by atoms with van der Waals surface area (Å²) in [6, 6.07) is 12.1. The van der Waals surface area contributed by atoms with Gasteiger partial charge in [-0.1, -0.05) is 43.4 Å². The van der Waals surface area contributed by atoms with E-state index in [1.165, 1.54) is 41.7 Å². The highest BCUT2D eigenvalue weighted by atomic mass is 32.2. The lowest BCUT2D eigenvalue weighted by atomic mass is 10.1. The summed E-state index contributed by atoms with van der Waals surface area (Å²) in [5, 5.41) is 11.6. The van der Waals surface area contributed by atoms with Crippen LogP contribution in [0.25, 0.3) is 0 Å². The van der Waals surface area contributed by atoms with Crippen LogP contribution in [-0.4, -0.2) is 30.4 Å². The minimum Gasteiger partial charge on any atom is -0.296 e. The highest BCUT2D eigenvalue weighted by Crippen LogP contribution is 2.35. The predicted octanol–water partition coefficient (Wildman–Crippen LogP) is 3.26. The van der Waals surface area contributed by atoms with Gasteiger partial charge in [-0.05, 0) is 30.3 Å². The Kier molecular flexibility index (Phi) is 4.67. The lowest BCUT2D eigenvalue weighted by molar-refractivity contribution is 0.100. The largest absolute Gasteiger partial charge is 0.296 e. The maximum atomic E-state index is 13.0. The van der Waals surface area contributed by atoms with Crippen LogP contribution < -0.4 is 9.62 Å². The Bertz CT molecular complexity index is 1220. The number of para-hydroxylation sites is 1. The van der Waals surface area contributed by atoms with Gasteiger partial charge in [0.2, 0.25) is 5.13 Å². The number of nitrogens with zero attached hydrogens (tertiary/aromatic N) is 3. The van der Waals surface area contributed by atoms with Crippen LogP contribution >= 0.6 is 11.3 Å². The van der Waals surface area contributed by atoms with Gasteiger partial charge in [0.1, 0.15) is 9.90 Å². The van der Waals surface area contributed by atoms with Crippen molar-refractivity contribution in [3.8, 4) is 0 Å². The minimum absolute atomic E-state index is 0.0309. The van der Waals surface area contributed by atoms with Gasteiger partial charge in [-0.2, -0.15) is 4.31 Å². The number of hydrogen-bond donors (Lipinski definition) is 1. The molecule has 1 aliphatic rings. The summed E-state index contributed by atoms with van der Waals surface area (Å²) in [5.41, 5.74) is 0.384. The van der Waals surface area contributed by atoms with E-state index in [2.05, 4.69) is 15.5 Å². The van der Waals surface area contributed by atoms with E-state index in [4.69, 9.17) is 0 Å². The van der Waals surface area contributed by atoms with Crippen molar-refractivity contribution >= 4 is 44.0 Å². The van der Waals surface area contributed by atoms with Crippen molar-refractivity contribution in [2.75, 3.05) is 9.62 Å². The average molecular weight is 428 g/mol. The number of anilines is 2. The van der Waals surface area contributed by atoms with Crippen LogP contribution in [0.1, 0.15) is 45.5 Å². The molecule has 29 heavy (non-hydrogen) atoms. The van der Waals surface area contributed by atoms with Crippen LogP contribution in [0.15, 0.2) is 53.4 Å². The molecule has 148 valence electrons. The molecule has 0 bridgehead atoms. The molecule has 8 nitrogen and oxygen atoms in total. The van der Waals surface area contributed by atoms with Crippen molar-refractivity contribution in [2.24, 2.45) is 0 Å². The van der Waals surface area contributed by atoms with Crippen molar-refractivity contribution < 1.29 is 18.0 Å². The highest BCUT2D eigenvalue weighted by molar-refractivity contribution is 7.94. The molecule has 0 atom stereocenters. The molecule has 1 aromatic heterocycles. The zero-order valence-corrected chi connectivity index (χ0v) is 17.1. The van der Waals surface area contributed by atoms with Gasteiger partial charge in [0, 0.05) is 11.5 Å². The van der Waals surface area contributed by atoms with E-state index in [0.29, 0.717) is 5.13 Å². The molecule has 0 radical (unpaired) electrons. The molecule has 4 rings (SSSR count). The van der Waals surface area contributed by atoms with Gasteiger partial charge < -0.3 is 0 Å². The third-order valence-corrected chi connectivity index (χ3v) is 7.21. The summed E-state index contributed by atoms with van der Waals surface area (Å²) in [6.45, 7) is 3.93. The number of hydrogen-bond acceptors (Lipinski definition) is 7. The first-order valence-corrected chi connectivity index (χ1v) is 11.0. The van der Waals surface area contributed by atoms with Gasteiger partial charge in [0.05, 0.1) is 11.3 Å². The fourth-order valence-corrected chi connectivity index (χ4v) is 5.24. The lowest BCUT2D eigenvalue weighted by Crippen LogP contribution is -2.29. The second-order valence-corrected chi connectivity index (χ2v) is 9.44. The Morgan fingerprint density at radius 3 is 2.48 bits per heavy atom. The molecule has 0 saturated carbocycles. The van der Waals surface area contributed by atoms with Crippen LogP contribution in [-0.2, 0) is 10.0 Å². The fraction of sp³-hybridized carbons (Fsp3) is 0.158. The Labute approximate surface area is 171 Å². The minimum atomic E-state index is -4.11. The summed E-state index contributed by atoms with van der Waals surface area (Å²) in [5.74, 6) is -0.998. The second kappa shape index (κ2) is 7.05. The molecular weight excluding hydrogens is 412 g/mol. The first kappa shape index (κ1) is 19.2. The summed E-state index contributed by atoms with van der Waals surface area (Å²) < 4.78 is 26.7. The van der Waals surface area contributed by atoms with Crippen LogP contribution in [0, 0.1) is 0 Å². The van der Waals surface area contributed by atoms with E-state index >= 15 is 0 Å². The molecule has 10 heteroatoms. The summed E-state index contributed by atoms with van der Waals surface area (Å²) in [7, 11) is -4.11. The molecule has 3 aromatic rings. The molecule has 0 fully saturated rings. The zero-order chi connectivity index (χ0) is 20.8. The Hall–Kier alpha value is -3.11. The van der Waals surface area contributed by atoms with Gasteiger partial charge in [-0.3, -0.25) is 14.9 Å². The highest BCUT2D eigenvalue weighted by Gasteiger charge is 2.42. The number of fused-ring (bicyclic) bond motifs is 1. The number of rotatable bonds is 4. The lowest BCUT2D eigenvalue weighted by Gasteiger charge is -2.14. The second-order valence-electron chi connectivity index (χ2n) is 6.68. The summed E-state index contributed by atoms with van der Waals surface area (Å²) in [4.78, 5) is 25.1. The number of benzene rings is 2. The van der Waals surface area contributed by atoms with Crippen LogP contribution in [0.3, 0.4) is 0 Å². The molecule has 2 heterocycles. The topological polar surface area (TPSA) is 109 Å². The van der Waals surface area contributed by atoms with E-state index in [-0.39, 0.29) is 27.6 Å². The monoisotopic (exact) mass is 428 g/mol. The first-order valence-electron chi connectivity index (χ1n) is 8.72. The van der Waals surface area contributed by atoms with E-state index in [1.54, 1.807) is 18.2 Å². The Morgan fingerprint density at radius 1 is 1.10 bits per heavy atom. The third kappa shape index (κ3) is 3.30. The third-order valence-electron chi connectivity index (χ3n) is 4.32. The van der Waals surface area contributed by atoms with E-state index in [9.17, 15) is 18.0 Å². The molecule has 0 saturated heterocycles. The first-order chi connectivity index (χ1) is 13.8. The number of carbonyl (C=O) groups is 2. The quantitative estimate of drug-likeness (QED) is 0.683. The van der Waals surface area contributed by atoms with Gasteiger partial charge >= 0.3 is 0 Å². The van der Waals surface area contributed by atoms with Crippen LogP contribution in [0.2, 0.25) is 0 Å². The molecule has 0 aliphatic carbocycles. The molecule has 1 N–H and O–H groups in total. The van der Waals surface area contributed by atoms with Gasteiger partial charge in [0.25, 0.3) is 21.8 Å². The van der Waals surface area contributed by atoms with Crippen LogP contribution in [0.5, 0.6) is 0 Å². The molecule has 0 unspecified atom stereocenters. The van der Waals surface area contributed by atoms with Crippen molar-refractivity contribution in [1.29, 1.82) is 0 Å². The number of carbonyl (C=O) groups excluding carboxylic acids is 2. The van der Waals surface area contributed by atoms with Crippen LogP contribution in [0.4, 0.5) is 10.8 Å². The number of amides is 2. The Morgan fingerprint density at radius 2 is 1.83 bits per heavy atom. The summed E-state index contributed by atoms with van der Waals surface area (Å²) in [6.07, 6.45) is 0. The number of nitrogens with one attached hydrogen (secondary N) is 1. The zero-order valence-electron chi connectivity index (χ0n) is 15.5. The molecule has 2 aromatic carbocycles. The summed E-state index contributed by atoms with van der Waals surface area (Å²) >= 11 is 1.25. The smallest absolute Gasteiger partial charge is 0.273 e. The van der Waals surface area contributed by atoms with Crippen molar-refractivity contribution in [3.63, 3.8) is 0 Å². The van der Waals surface area contributed by atoms with E-state index in [0.717, 1.165) is 9.31 Å². The van der Waals surface area contributed by atoms with E-state index in [1.807, 2.05) is 13.8 Å². The average Bonchev–Trinajstić information content (AvgIpc) is 3.24. The molecule has 0 spiro atoms. The van der Waals surface area contributed by atoms with Crippen molar-refractivity contribution in [1.82, 2.24) is 10.2 Å². The maximum absolute atomic E-state index is 13.0. The fourth-order valence-electron chi connectivity index (χ4n) is 2.88. The number of sulfonamides is 1. The number of aromatic nitrogens is 2. The van der Waals surface area contributed by atoms with Crippen molar-refractivity contribution in [2.45, 2.75) is 24.7 Å². The molecule has 2 amide bonds. The molecule has 1 aliphatic heterocycles. The SMILES string of the molecule is CC(C)c1nnc(NC(=O)c2ccc3c(c2)S(=O)(=O)N(c2ccccc2)C3=O)s1. The standard InChI is InChI=1S/C19H16N4O4S2/c1-11(2)17-21-22-19(28-17)20-16(24)12-8-9-14-15(10-12)29(26,27)23(18(14)25)13-6-4-3-5-7-13/h3-11H,1-2H3,(H,20,22,24). The van der Waals surface area contributed by atoms with Gasteiger partial charge in [0.15, 0.2) is 0 Å². The van der Waals surface area contributed by atoms with Gasteiger partial charge in [-0.25, -0.2) is 8.42 Å². The maximum Gasteiger partial charge on any atom is 0.273 e. The van der Waals surface area contributed by atoms with Gasteiger partial charge in [-0.15, -0.1) is 10.2 Å². The predicted molar refractivity (Wildman–Crippen MR) is 109 cm³/mol. The van der Waals surface area contributed by atoms with E-state index < -0.39 is 21.8 Å². The normalized spacial score (nSPS) is 14.9.